The molecule has 0 spiro atoms. The molecule has 0 aliphatic carbocycles. The molecule has 0 aliphatic heterocycles. The lowest BCUT2D eigenvalue weighted by atomic mass is 10.1. The quantitative estimate of drug-likeness (QED) is 0.797. The van der Waals surface area contributed by atoms with Gasteiger partial charge in [-0.2, -0.15) is 0 Å². The third-order valence-corrected chi connectivity index (χ3v) is 3.62. The highest BCUT2D eigenvalue weighted by Crippen LogP contribution is 2.39. The van der Waals surface area contributed by atoms with Crippen LogP contribution in [0.15, 0.2) is 36.4 Å². The SMILES string of the molecule is COc1ccc(CNC(=O)COc2cccc(C)c2)c(OC)c1OC. The van der Waals surface area contributed by atoms with Gasteiger partial charge in [0.25, 0.3) is 5.91 Å². The Morgan fingerprint density at radius 2 is 1.76 bits per heavy atom. The number of benzene rings is 2. The van der Waals surface area contributed by atoms with Crippen molar-refractivity contribution in [3.8, 4) is 23.0 Å². The Balaban J connectivity index is 1.97. The Morgan fingerprint density at radius 3 is 2.40 bits per heavy atom. The van der Waals surface area contributed by atoms with Crippen molar-refractivity contribution < 1.29 is 23.7 Å². The number of rotatable bonds is 8. The van der Waals surface area contributed by atoms with E-state index in [1.54, 1.807) is 27.4 Å². The highest BCUT2D eigenvalue weighted by molar-refractivity contribution is 5.77. The van der Waals surface area contributed by atoms with Gasteiger partial charge in [0, 0.05) is 12.1 Å². The second-order valence-electron chi connectivity index (χ2n) is 5.38. The molecule has 0 radical (unpaired) electrons. The number of amides is 1. The van der Waals surface area contributed by atoms with Gasteiger partial charge >= 0.3 is 0 Å². The first-order valence-electron chi connectivity index (χ1n) is 7.83. The van der Waals surface area contributed by atoms with E-state index in [0.717, 1.165) is 11.1 Å². The van der Waals surface area contributed by atoms with E-state index in [4.69, 9.17) is 18.9 Å². The summed E-state index contributed by atoms with van der Waals surface area (Å²) in [6, 6.07) is 11.1. The highest BCUT2D eigenvalue weighted by atomic mass is 16.5. The summed E-state index contributed by atoms with van der Waals surface area (Å²) >= 11 is 0. The monoisotopic (exact) mass is 345 g/mol. The summed E-state index contributed by atoms with van der Waals surface area (Å²) < 4.78 is 21.5. The molecule has 0 aliphatic rings. The van der Waals surface area contributed by atoms with Crippen LogP contribution in [0.1, 0.15) is 11.1 Å². The Labute approximate surface area is 147 Å². The summed E-state index contributed by atoms with van der Waals surface area (Å²) in [6.45, 7) is 2.20. The van der Waals surface area contributed by atoms with Gasteiger partial charge in [-0.1, -0.05) is 12.1 Å². The maximum atomic E-state index is 12.0. The van der Waals surface area contributed by atoms with Crippen LogP contribution in [0.4, 0.5) is 0 Å². The zero-order chi connectivity index (χ0) is 18.2. The van der Waals surface area contributed by atoms with E-state index < -0.39 is 0 Å². The van der Waals surface area contributed by atoms with Crippen LogP contribution in [0.2, 0.25) is 0 Å². The van der Waals surface area contributed by atoms with E-state index in [1.807, 2.05) is 37.3 Å². The van der Waals surface area contributed by atoms with Crippen LogP contribution in [0, 0.1) is 6.92 Å². The minimum absolute atomic E-state index is 0.0565. The Bertz CT molecular complexity index is 730. The number of carbonyl (C=O) groups excluding carboxylic acids is 1. The topological polar surface area (TPSA) is 66.0 Å². The molecular formula is C19H23NO5. The number of nitrogens with one attached hydrogen (secondary N) is 1. The van der Waals surface area contributed by atoms with E-state index in [0.29, 0.717) is 29.5 Å². The summed E-state index contributed by atoms with van der Waals surface area (Å²) in [5, 5.41) is 2.81. The van der Waals surface area contributed by atoms with Crippen LogP contribution < -0.4 is 24.3 Å². The molecule has 6 heteroatoms. The van der Waals surface area contributed by atoms with Crippen molar-refractivity contribution >= 4 is 5.91 Å². The third-order valence-electron chi connectivity index (χ3n) is 3.62. The van der Waals surface area contributed by atoms with Crippen molar-refractivity contribution in [1.82, 2.24) is 5.32 Å². The molecular weight excluding hydrogens is 322 g/mol. The molecule has 134 valence electrons. The summed E-state index contributed by atoms with van der Waals surface area (Å²) in [5.41, 5.74) is 1.86. The molecule has 2 aromatic rings. The Morgan fingerprint density at radius 1 is 1.00 bits per heavy atom. The van der Waals surface area contributed by atoms with E-state index >= 15 is 0 Å². The lowest BCUT2D eigenvalue weighted by Gasteiger charge is -2.16. The fraction of sp³-hybridized carbons (Fsp3) is 0.316. The molecule has 0 bridgehead atoms. The fourth-order valence-electron chi connectivity index (χ4n) is 2.40. The van der Waals surface area contributed by atoms with Crippen LogP contribution in [0.3, 0.4) is 0 Å². The van der Waals surface area contributed by atoms with Gasteiger partial charge in [0.05, 0.1) is 21.3 Å². The van der Waals surface area contributed by atoms with Crippen LogP contribution >= 0.6 is 0 Å². The average Bonchev–Trinajstić information content (AvgIpc) is 2.63. The van der Waals surface area contributed by atoms with E-state index in [9.17, 15) is 4.79 Å². The van der Waals surface area contributed by atoms with Crippen molar-refractivity contribution in [2.24, 2.45) is 0 Å². The summed E-state index contributed by atoms with van der Waals surface area (Å²) in [4.78, 5) is 12.0. The first-order valence-corrected chi connectivity index (χ1v) is 7.83. The van der Waals surface area contributed by atoms with Crippen LogP contribution in [0.25, 0.3) is 0 Å². The van der Waals surface area contributed by atoms with E-state index in [2.05, 4.69) is 5.32 Å². The molecule has 0 heterocycles. The number of ether oxygens (including phenoxy) is 4. The number of carbonyl (C=O) groups is 1. The standard InChI is InChI=1S/C19H23NO5/c1-13-6-5-7-15(10-13)25-12-17(21)20-11-14-8-9-16(22-2)19(24-4)18(14)23-3/h5-10H,11-12H2,1-4H3,(H,20,21). The van der Waals surface area contributed by atoms with Gasteiger partial charge in [0.1, 0.15) is 5.75 Å². The van der Waals surface area contributed by atoms with E-state index in [1.165, 1.54) is 0 Å². The molecule has 2 aromatic carbocycles. The second-order valence-corrected chi connectivity index (χ2v) is 5.38. The predicted octanol–water partition coefficient (Wildman–Crippen LogP) is 2.72. The average molecular weight is 345 g/mol. The van der Waals surface area contributed by atoms with Crippen molar-refractivity contribution in [2.75, 3.05) is 27.9 Å². The van der Waals surface area contributed by atoms with Gasteiger partial charge in [0.2, 0.25) is 5.75 Å². The summed E-state index contributed by atoms with van der Waals surface area (Å²) in [7, 11) is 4.64. The smallest absolute Gasteiger partial charge is 0.258 e. The third kappa shape index (κ3) is 4.79. The molecule has 0 atom stereocenters. The van der Waals surface area contributed by atoms with Gasteiger partial charge in [-0.25, -0.2) is 0 Å². The van der Waals surface area contributed by atoms with Gasteiger partial charge in [0.15, 0.2) is 18.1 Å². The predicted molar refractivity (Wildman–Crippen MR) is 94.6 cm³/mol. The molecule has 25 heavy (non-hydrogen) atoms. The van der Waals surface area contributed by atoms with E-state index in [-0.39, 0.29) is 12.5 Å². The number of hydrogen-bond acceptors (Lipinski definition) is 5. The molecule has 6 nitrogen and oxygen atoms in total. The molecule has 0 saturated heterocycles. The van der Waals surface area contributed by atoms with Crippen molar-refractivity contribution in [3.63, 3.8) is 0 Å². The fourth-order valence-corrected chi connectivity index (χ4v) is 2.40. The molecule has 1 amide bonds. The van der Waals surface area contributed by atoms with Gasteiger partial charge in [-0.15, -0.1) is 0 Å². The molecule has 0 aromatic heterocycles. The zero-order valence-electron chi connectivity index (χ0n) is 14.9. The number of hydrogen-bond donors (Lipinski definition) is 1. The molecule has 0 unspecified atom stereocenters. The van der Waals surface area contributed by atoms with Gasteiger partial charge in [-0.3, -0.25) is 4.79 Å². The van der Waals surface area contributed by atoms with Crippen molar-refractivity contribution in [2.45, 2.75) is 13.5 Å². The normalized spacial score (nSPS) is 10.1. The number of aryl methyl sites for hydroxylation is 1. The highest BCUT2D eigenvalue weighted by Gasteiger charge is 2.16. The summed E-state index contributed by atoms with van der Waals surface area (Å²) in [6.07, 6.45) is 0. The first kappa shape index (κ1) is 18.4. The van der Waals surface area contributed by atoms with Crippen LogP contribution in [-0.2, 0) is 11.3 Å². The summed E-state index contributed by atoms with van der Waals surface area (Å²) in [5.74, 6) is 2.03. The maximum absolute atomic E-state index is 12.0. The Kier molecular flexibility index (Phi) is 6.51. The van der Waals surface area contributed by atoms with Crippen LogP contribution in [-0.4, -0.2) is 33.8 Å². The zero-order valence-corrected chi connectivity index (χ0v) is 14.9. The molecule has 1 N–H and O–H groups in total. The largest absolute Gasteiger partial charge is 0.493 e. The Hall–Kier alpha value is -2.89. The van der Waals surface area contributed by atoms with Crippen LogP contribution in [0.5, 0.6) is 23.0 Å². The molecule has 0 fully saturated rings. The van der Waals surface area contributed by atoms with Crippen molar-refractivity contribution in [1.29, 1.82) is 0 Å². The van der Waals surface area contributed by atoms with Gasteiger partial charge < -0.3 is 24.3 Å². The minimum Gasteiger partial charge on any atom is -0.493 e. The second kappa shape index (κ2) is 8.82. The first-order chi connectivity index (χ1) is 12.1. The molecule has 2 rings (SSSR count). The van der Waals surface area contributed by atoms with Gasteiger partial charge in [-0.05, 0) is 36.8 Å². The molecule has 0 saturated carbocycles. The lowest BCUT2D eigenvalue weighted by Crippen LogP contribution is -2.28. The maximum Gasteiger partial charge on any atom is 0.258 e. The minimum atomic E-state index is -0.224. The number of methoxy groups -OCH3 is 3. The van der Waals surface area contributed by atoms with Crippen molar-refractivity contribution in [3.05, 3.63) is 47.5 Å². The lowest BCUT2D eigenvalue weighted by molar-refractivity contribution is -0.123.